The van der Waals surface area contributed by atoms with E-state index < -0.39 is 0 Å². The fourth-order valence-electron chi connectivity index (χ4n) is 4.41. The molecule has 1 atom stereocenters. The van der Waals surface area contributed by atoms with Gasteiger partial charge in [-0.2, -0.15) is 16.9 Å². The van der Waals surface area contributed by atoms with E-state index in [2.05, 4.69) is 16.5 Å². The summed E-state index contributed by atoms with van der Waals surface area (Å²) in [6.45, 7) is 8.47. The number of aromatic nitrogens is 2. The summed E-state index contributed by atoms with van der Waals surface area (Å²) < 4.78 is 7.64. The Labute approximate surface area is 160 Å². The normalized spacial score (nSPS) is 24.5. The maximum absolute atomic E-state index is 13.2. The highest BCUT2D eigenvalue weighted by atomic mass is 32.2. The summed E-state index contributed by atoms with van der Waals surface area (Å²) in [5, 5.41) is 4.81. The number of hydrogen-bond donors (Lipinski definition) is 0. The molecular formula is C19H30N4O2S. The molecule has 0 N–H and O–H groups in total. The number of nitrogens with zero attached hydrogens (tertiary/aromatic N) is 4. The van der Waals surface area contributed by atoms with Gasteiger partial charge >= 0.3 is 0 Å². The summed E-state index contributed by atoms with van der Waals surface area (Å²) in [6, 6.07) is 0.522. The first-order valence-electron chi connectivity index (χ1n) is 10.0. The Bertz CT molecular complexity index is 636. The van der Waals surface area contributed by atoms with E-state index in [1.165, 1.54) is 11.3 Å². The molecule has 1 unspecified atom stereocenters. The number of ether oxygens (including phenoxy) is 1. The number of aryl methyl sites for hydroxylation is 1. The monoisotopic (exact) mass is 378 g/mol. The molecule has 1 aromatic heterocycles. The summed E-state index contributed by atoms with van der Waals surface area (Å²) in [4.78, 5) is 17.7. The lowest BCUT2D eigenvalue weighted by Crippen LogP contribution is -2.46. The van der Waals surface area contributed by atoms with Gasteiger partial charge in [0.15, 0.2) is 5.69 Å². The average Bonchev–Trinajstić information content (AvgIpc) is 3.07. The minimum atomic E-state index is 0.152. The molecule has 0 spiro atoms. The molecule has 0 saturated carbocycles. The van der Waals surface area contributed by atoms with Crippen LogP contribution in [0.3, 0.4) is 0 Å². The van der Waals surface area contributed by atoms with Crippen molar-refractivity contribution in [3.8, 4) is 0 Å². The first-order valence-corrected chi connectivity index (χ1v) is 11.2. The molecule has 6 nitrogen and oxygen atoms in total. The molecule has 4 rings (SSSR count). The summed E-state index contributed by atoms with van der Waals surface area (Å²) in [5.74, 6) is 2.24. The molecule has 1 aliphatic carbocycles. The SMILES string of the molecule is CCCn1nc(C(=O)N2CCSCC2)c2c1CCC(N1CCOCC1)C2. The van der Waals surface area contributed by atoms with Crippen molar-refractivity contribution in [2.45, 2.75) is 45.2 Å². The molecular weight excluding hydrogens is 348 g/mol. The van der Waals surface area contributed by atoms with Crippen molar-refractivity contribution in [3.63, 3.8) is 0 Å². The second-order valence-electron chi connectivity index (χ2n) is 7.45. The van der Waals surface area contributed by atoms with Gasteiger partial charge in [-0.3, -0.25) is 14.4 Å². The van der Waals surface area contributed by atoms with E-state index in [-0.39, 0.29) is 5.91 Å². The predicted molar refractivity (Wildman–Crippen MR) is 104 cm³/mol. The molecule has 3 heterocycles. The smallest absolute Gasteiger partial charge is 0.274 e. The number of morpholine rings is 1. The van der Waals surface area contributed by atoms with Gasteiger partial charge in [0.1, 0.15) is 0 Å². The number of fused-ring (bicyclic) bond motifs is 1. The number of hydrogen-bond acceptors (Lipinski definition) is 5. The Kier molecular flexibility index (Phi) is 5.86. The Morgan fingerprint density at radius 3 is 2.73 bits per heavy atom. The molecule has 1 amide bonds. The van der Waals surface area contributed by atoms with Crippen LogP contribution in [0.4, 0.5) is 0 Å². The van der Waals surface area contributed by atoms with Crippen LogP contribution in [0.2, 0.25) is 0 Å². The average molecular weight is 379 g/mol. The largest absolute Gasteiger partial charge is 0.379 e. The molecule has 2 aliphatic heterocycles. The van der Waals surface area contributed by atoms with Crippen LogP contribution in [-0.2, 0) is 24.1 Å². The molecule has 2 fully saturated rings. The topological polar surface area (TPSA) is 50.6 Å². The van der Waals surface area contributed by atoms with Crippen LogP contribution in [0.15, 0.2) is 0 Å². The number of thioether (sulfide) groups is 1. The van der Waals surface area contributed by atoms with Crippen LogP contribution in [0.5, 0.6) is 0 Å². The molecule has 3 aliphatic rings. The maximum atomic E-state index is 13.2. The highest BCUT2D eigenvalue weighted by Gasteiger charge is 2.33. The second-order valence-corrected chi connectivity index (χ2v) is 8.67. The van der Waals surface area contributed by atoms with Crippen molar-refractivity contribution in [3.05, 3.63) is 17.0 Å². The van der Waals surface area contributed by atoms with Gasteiger partial charge in [0.25, 0.3) is 5.91 Å². The molecule has 0 aromatic carbocycles. The molecule has 1 aromatic rings. The van der Waals surface area contributed by atoms with Gasteiger partial charge < -0.3 is 9.64 Å². The van der Waals surface area contributed by atoms with Crippen LogP contribution in [0.25, 0.3) is 0 Å². The molecule has 0 bridgehead atoms. The fraction of sp³-hybridized carbons (Fsp3) is 0.789. The summed E-state index contributed by atoms with van der Waals surface area (Å²) in [7, 11) is 0. The lowest BCUT2D eigenvalue weighted by molar-refractivity contribution is 0.0135. The van der Waals surface area contributed by atoms with E-state index in [1.807, 2.05) is 16.7 Å². The minimum absolute atomic E-state index is 0.152. The third-order valence-corrected chi connectivity index (χ3v) is 6.76. The first-order chi connectivity index (χ1) is 12.8. The van der Waals surface area contributed by atoms with Gasteiger partial charge in [-0.05, 0) is 25.7 Å². The maximum Gasteiger partial charge on any atom is 0.274 e. The van der Waals surface area contributed by atoms with Crippen molar-refractivity contribution in [1.82, 2.24) is 19.6 Å². The minimum Gasteiger partial charge on any atom is -0.379 e. The van der Waals surface area contributed by atoms with E-state index in [4.69, 9.17) is 9.84 Å². The lowest BCUT2D eigenvalue weighted by Gasteiger charge is -2.37. The van der Waals surface area contributed by atoms with Gasteiger partial charge in [-0.25, -0.2) is 0 Å². The predicted octanol–water partition coefficient (Wildman–Crippen LogP) is 1.67. The van der Waals surface area contributed by atoms with E-state index >= 15 is 0 Å². The summed E-state index contributed by atoms with van der Waals surface area (Å²) in [6.07, 6.45) is 4.21. The van der Waals surface area contributed by atoms with Crippen molar-refractivity contribution >= 4 is 17.7 Å². The van der Waals surface area contributed by atoms with Crippen molar-refractivity contribution in [1.29, 1.82) is 0 Å². The first kappa shape index (κ1) is 18.3. The van der Waals surface area contributed by atoms with E-state index in [1.54, 1.807) is 0 Å². The molecule has 7 heteroatoms. The fourth-order valence-corrected chi connectivity index (χ4v) is 5.31. The zero-order valence-corrected chi connectivity index (χ0v) is 16.6. The highest BCUT2D eigenvalue weighted by molar-refractivity contribution is 7.99. The van der Waals surface area contributed by atoms with Crippen molar-refractivity contribution in [2.24, 2.45) is 0 Å². The van der Waals surface area contributed by atoms with Gasteiger partial charge in [0.2, 0.25) is 0 Å². The summed E-state index contributed by atoms with van der Waals surface area (Å²) in [5.41, 5.74) is 3.27. The number of carbonyl (C=O) groups is 1. The van der Waals surface area contributed by atoms with Gasteiger partial charge in [0, 0.05) is 61.5 Å². The van der Waals surface area contributed by atoms with Crippen LogP contribution in [0.1, 0.15) is 41.5 Å². The number of carbonyl (C=O) groups excluding carboxylic acids is 1. The zero-order valence-electron chi connectivity index (χ0n) is 15.8. The molecule has 0 radical (unpaired) electrons. The third-order valence-electron chi connectivity index (χ3n) is 5.82. The Morgan fingerprint density at radius 2 is 2.00 bits per heavy atom. The van der Waals surface area contributed by atoms with Crippen molar-refractivity contribution in [2.75, 3.05) is 50.9 Å². The lowest BCUT2D eigenvalue weighted by atomic mass is 9.89. The number of rotatable bonds is 4. The highest BCUT2D eigenvalue weighted by Crippen LogP contribution is 2.29. The Hall–Kier alpha value is -1.05. The van der Waals surface area contributed by atoms with E-state index in [0.717, 1.165) is 88.8 Å². The van der Waals surface area contributed by atoms with Gasteiger partial charge in [-0.15, -0.1) is 0 Å². The summed E-state index contributed by atoms with van der Waals surface area (Å²) >= 11 is 1.93. The van der Waals surface area contributed by atoms with Crippen LogP contribution < -0.4 is 0 Å². The van der Waals surface area contributed by atoms with Gasteiger partial charge in [0.05, 0.1) is 13.2 Å². The second kappa shape index (κ2) is 8.31. The third kappa shape index (κ3) is 3.66. The number of amides is 1. The van der Waals surface area contributed by atoms with Gasteiger partial charge in [-0.1, -0.05) is 6.92 Å². The van der Waals surface area contributed by atoms with Crippen LogP contribution >= 0.6 is 11.8 Å². The van der Waals surface area contributed by atoms with E-state index in [0.29, 0.717) is 6.04 Å². The zero-order chi connectivity index (χ0) is 17.9. The Morgan fingerprint density at radius 1 is 1.23 bits per heavy atom. The standard InChI is InChI=1S/C19H30N4O2S/c1-2-5-23-17-4-3-15(21-6-10-25-11-7-21)14-16(17)18(20-23)19(24)22-8-12-26-13-9-22/h15H,2-14H2,1H3. The molecule has 26 heavy (non-hydrogen) atoms. The van der Waals surface area contributed by atoms with E-state index in [9.17, 15) is 4.79 Å². The van der Waals surface area contributed by atoms with Crippen molar-refractivity contribution < 1.29 is 9.53 Å². The Balaban J connectivity index is 1.59. The van der Waals surface area contributed by atoms with Crippen LogP contribution in [0, 0.1) is 0 Å². The molecule has 144 valence electrons. The van der Waals surface area contributed by atoms with Crippen LogP contribution in [-0.4, -0.2) is 82.4 Å². The molecule has 2 saturated heterocycles. The quantitative estimate of drug-likeness (QED) is 0.798.